The van der Waals surface area contributed by atoms with Gasteiger partial charge in [0.2, 0.25) is 0 Å². The normalized spacial score (nSPS) is 10.8. The van der Waals surface area contributed by atoms with Crippen molar-refractivity contribution in [1.29, 1.82) is 0 Å². The van der Waals surface area contributed by atoms with Gasteiger partial charge in [-0.25, -0.2) is 4.79 Å². The number of benzene rings is 1. The number of pyridine rings is 1. The molecule has 0 aliphatic heterocycles. The number of hydrogen-bond acceptors (Lipinski definition) is 4. The van der Waals surface area contributed by atoms with E-state index in [0.717, 1.165) is 5.56 Å². The van der Waals surface area contributed by atoms with Gasteiger partial charge in [0.1, 0.15) is 0 Å². The van der Waals surface area contributed by atoms with Crippen molar-refractivity contribution in [2.45, 2.75) is 6.54 Å². The number of aliphatic hydroxyl groups is 1. The molecule has 0 spiro atoms. The first-order chi connectivity index (χ1) is 10.1. The number of aromatic carboxylic acids is 1. The fraction of sp³-hybridized carbons (Fsp3) is 0.250. The standard InChI is InChI=1S/C16H18N2O3/c1-18(8-9-19)11-12-6-7-15(17-10-12)13-4-2-3-5-14(13)16(20)21/h2-7,10,19H,8-9,11H2,1H3,(H,20,21). The first-order valence-corrected chi connectivity index (χ1v) is 6.69. The zero-order valence-electron chi connectivity index (χ0n) is 11.9. The van der Waals surface area contributed by atoms with Crippen LogP contribution in [0.1, 0.15) is 15.9 Å². The summed E-state index contributed by atoms with van der Waals surface area (Å²) in [6, 6.07) is 10.6. The highest BCUT2D eigenvalue weighted by Gasteiger charge is 2.11. The summed E-state index contributed by atoms with van der Waals surface area (Å²) in [5, 5.41) is 18.1. The molecule has 0 fully saturated rings. The summed E-state index contributed by atoms with van der Waals surface area (Å²) in [5.41, 5.74) is 2.51. The van der Waals surface area contributed by atoms with E-state index < -0.39 is 5.97 Å². The van der Waals surface area contributed by atoms with Crippen molar-refractivity contribution in [2.75, 3.05) is 20.2 Å². The van der Waals surface area contributed by atoms with Gasteiger partial charge in [-0.1, -0.05) is 24.3 Å². The van der Waals surface area contributed by atoms with Gasteiger partial charge in [0.05, 0.1) is 17.9 Å². The van der Waals surface area contributed by atoms with Crippen LogP contribution in [0.3, 0.4) is 0 Å². The summed E-state index contributed by atoms with van der Waals surface area (Å²) in [6.07, 6.45) is 1.74. The number of hydrogen-bond donors (Lipinski definition) is 2. The molecule has 5 heteroatoms. The monoisotopic (exact) mass is 286 g/mol. The summed E-state index contributed by atoms with van der Waals surface area (Å²) in [5.74, 6) is -0.959. The number of aliphatic hydroxyl groups excluding tert-OH is 1. The largest absolute Gasteiger partial charge is 0.478 e. The highest BCUT2D eigenvalue weighted by atomic mass is 16.4. The van der Waals surface area contributed by atoms with Crippen LogP contribution in [0.2, 0.25) is 0 Å². The van der Waals surface area contributed by atoms with Crippen LogP contribution in [-0.2, 0) is 6.54 Å². The van der Waals surface area contributed by atoms with Crippen LogP contribution in [0.25, 0.3) is 11.3 Å². The van der Waals surface area contributed by atoms with E-state index in [1.54, 1.807) is 30.5 Å². The Morgan fingerprint density at radius 3 is 2.62 bits per heavy atom. The number of carboxylic acid groups (broad SMARTS) is 1. The van der Waals surface area contributed by atoms with E-state index in [1.165, 1.54) is 0 Å². The molecule has 1 aromatic carbocycles. The minimum atomic E-state index is -0.959. The lowest BCUT2D eigenvalue weighted by Crippen LogP contribution is -2.21. The van der Waals surface area contributed by atoms with Gasteiger partial charge < -0.3 is 10.2 Å². The number of rotatable bonds is 6. The molecule has 0 saturated heterocycles. The van der Waals surface area contributed by atoms with Crippen molar-refractivity contribution >= 4 is 5.97 Å². The second-order valence-electron chi connectivity index (χ2n) is 4.86. The fourth-order valence-corrected chi connectivity index (χ4v) is 2.13. The summed E-state index contributed by atoms with van der Waals surface area (Å²) >= 11 is 0. The second kappa shape index (κ2) is 6.97. The Hall–Kier alpha value is -2.24. The molecule has 0 atom stereocenters. The molecule has 2 aromatic rings. The van der Waals surface area contributed by atoms with Crippen molar-refractivity contribution in [3.05, 3.63) is 53.7 Å². The third-order valence-electron chi connectivity index (χ3n) is 3.19. The fourth-order valence-electron chi connectivity index (χ4n) is 2.13. The molecular weight excluding hydrogens is 268 g/mol. The molecular formula is C16H18N2O3. The molecule has 21 heavy (non-hydrogen) atoms. The van der Waals surface area contributed by atoms with Crippen LogP contribution < -0.4 is 0 Å². The molecule has 1 heterocycles. The molecule has 0 aliphatic rings. The van der Waals surface area contributed by atoms with Crippen LogP contribution in [0.4, 0.5) is 0 Å². The van der Waals surface area contributed by atoms with E-state index in [2.05, 4.69) is 4.98 Å². The smallest absolute Gasteiger partial charge is 0.336 e. The number of likely N-dealkylation sites (N-methyl/N-ethyl adjacent to an activating group) is 1. The quantitative estimate of drug-likeness (QED) is 0.848. The van der Waals surface area contributed by atoms with Crippen molar-refractivity contribution in [1.82, 2.24) is 9.88 Å². The number of aromatic nitrogens is 1. The molecule has 1 aromatic heterocycles. The van der Waals surface area contributed by atoms with E-state index >= 15 is 0 Å². The average molecular weight is 286 g/mol. The van der Waals surface area contributed by atoms with Gasteiger partial charge in [-0.2, -0.15) is 0 Å². The zero-order valence-corrected chi connectivity index (χ0v) is 11.9. The van der Waals surface area contributed by atoms with E-state index in [0.29, 0.717) is 24.3 Å². The van der Waals surface area contributed by atoms with Gasteiger partial charge in [-0.3, -0.25) is 9.88 Å². The van der Waals surface area contributed by atoms with E-state index in [-0.39, 0.29) is 12.2 Å². The number of carboxylic acids is 1. The molecule has 0 bridgehead atoms. The molecule has 0 aliphatic carbocycles. The highest BCUT2D eigenvalue weighted by Crippen LogP contribution is 2.22. The Bertz CT molecular complexity index is 611. The first kappa shape index (κ1) is 15.2. The average Bonchev–Trinajstić information content (AvgIpc) is 2.48. The minimum Gasteiger partial charge on any atom is -0.478 e. The molecule has 2 N–H and O–H groups in total. The Morgan fingerprint density at radius 2 is 2.00 bits per heavy atom. The first-order valence-electron chi connectivity index (χ1n) is 6.69. The summed E-state index contributed by atoms with van der Waals surface area (Å²) in [4.78, 5) is 17.6. The summed E-state index contributed by atoms with van der Waals surface area (Å²) in [7, 11) is 1.92. The van der Waals surface area contributed by atoms with Crippen LogP contribution in [0.15, 0.2) is 42.6 Å². The predicted molar refractivity (Wildman–Crippen MR) is 80.1 cm³/mol. The van der Waals surface area contributed by atoms with Gasteiger partial charge in [0, 0.05) is 24.8 Å². The van der Waals surface area contributed by atoms with Crippen molar-refractivity contribution in [3.8, 4) is 11.3 Å². The lowest BCUT2D eigenvalue weighted by molar-refractivity contribution is 0.0697. The Balaban J connectivity index is 2.21. The summed E-state index contributed by atoms with van der Waals surface area (Å²) in [6.45, 7) is 1.41. The van der Waals surface area contributed by atoms with E-state index in [9.17, 15) is 9.90 Å². The molecule has 5 nitrogen and oxygen atoms in total. The maximum absolute atomic E-state index is 11.2. The predicted octanol–water partition coefficient (Wildman–Crippen LogP) is 1.87. The van der Waals surface area contributed by atoms with Gasteiger partial charge in [0.25, 0.3) is 0 Å². The molecule has 0 saturated carbocycles. The van der Waals surface area contributed by atoms with E-state index in [4.69, 9.17) is 5.11 Å². The molecule has 0 amide bonds. The van der Waals surface area contributed by atoms with Crippen molar-refractivity contribution < 1.29 is 15.0 Å². The maximum atomic E-state index is 11.2. The van der Waals surface area contributed by atoms with E-state index in [1.807, 2.05) is 24.1 Å². The topological polar surface area (TPSA) is 73.7 Å². The van der Waals surface area contributed by atoms with Gasteiger partial charge in [-0.05, 0) is 24.7 Å². The van der Waals surface area contributed by atoms with Crippen LogP contribution in [0, 0.1) is 0 Å². The van der Waals surface area contributed by atoms with Crippen molar-refractivity contribution in [2.24, 2.45) is 0 Å². The van der Waals surface area contributed by atoms with Gasteiger partial charge in [0.15, 0.2) is 0 Å². The Labute approximate surface area is 123 Å². The summed E-state index contributed by atoms with van der Waals surface area (Å²) < 4.78 is 0. The third kappa shape index (κ3) is 3.87. The lowest BCUT2D eigenvalue weighted by atomic mass is 10.0. The maximum Gasteiger partial charge on any atom is 0.336 e. The van der Waals surface area contributed by atoms with Gasteiger partial charge >= 0.3 is 5.97 Å². The Kier molecular flexibility index (Phi) is 5.03. The lowest BCUT2D eigenvalue weighted by Gasteiger charge is -2.15. The molecule has 110 valence electrons. The molecule has 2 rings (SSSR count). The third-order valence-corrected chi connectivity index (χ3v) is 3.19. The van der Waals surface area contributed by atoms with Gasteiger partial charge in [-0.15, -0.1) is 0 Å². The van der Waals surface area contributed by atoms with Crippen molar-refractivity contribution in [3.63, 3.8) is 0 Å². The van der Waals surface area contributed by atoms with Crippen LogP contribution in [-0.4, -0.2) is 46.3 Å². The Morgan fingerprint density at radius 1 is 1.24 bits per heavy atom. The molecule has 0 unspecified atom stereocenters. The number of nitrogens with zero attached hydrogens (tertiary/aromatic N) is 2. The number of carbonyl (C=O) groups is 1. The van der Waals surface area contributed by atoms with Crippen LogP contribution in [0.5, 0.6) is 0 Å². The SMILES string of the molecule is CN(CCO)Cc1ccc(-c2ccccc2C(=O)O)nc1. The molecule has 0 radical (unpaired) electrons. The van der Waals surface area contributed by atoms with Crippen LogP contribution >= 0.6 is 0 Å². The second-order valence-corrected chi connectivity index (χ2v) is 4.86. The highest BCUT2D eigenvalue weighted by molar-refractivity contribution is 5.95. The zero-order chi connectivity index (χ0) is 15.2. The minimum absolute atomic E-state index is 0.119.